The standard InChI is InChI=1S/C62H106O6/c1-4-7-10-13-16-19-22-25-28-31-34-37-40-43-46-49-52-55-61(64)67-58-59(57-66-60(63)54-51-48-45-42-39-36-33-30-27-24-21-18-15-12-9-6-3)68-62(65)56-53-50-47-44-41-38-35-32-29-26-23-20-17-14-11-8-5-2/h7,10,16,19,25-26,28-30,33-34,37,43,46,59H,4-6,8-9,11-15,17-18,20-24,27,31-32,35-36,38-42,44-45,47-58H2,1-3H3/b10-7-,19-16-,28-25-,29-26-,33-30-,37-34-,46-43-. The Hall–Kier alpha value is -3.41. The second kappa shape index (κ2) is 56.2. The predicted octanol–water partition coefficient (Wildman–Crippen LogP) is 19.2. The summed E-state index contributed by atoms with van der Waals surface area (Å²) in [5.41, 5.74) is 0. The van der Waals surface area contributed by atoms with E-state index < -0.39 is 6.10 Å². The van der Waals surface area contributed by atoms with Crippen molar-refractivity contribution in [2.24, 2.45) is 0 Å². The van der Waals surface area contributed by atoms with E-state index in [0.717, 1.165) is 83.5 Å². The Morgan fingerprint density at radius 3 is 0.971 bits per heavy atom. The Bertz CT molecular complexity index is 1320. The molecule has 6 nitrogen and oxygen atoms in total. The number of carbonyl (C=O) groups is 3. The van der Waals surface area contributed by atoms with Crippen molar-refractivity contribution in [3.8, 4) is 0 Å². The molecule has 1 atom stereocenters. The zero-order valence-corrected chi connectivity index (χ0v) is 44.6. The van der Waals surface area contributed by atoms with Crippen molar-refractivity contribution >= 4 is 17.9 Å². The van der Waals surface area contributed by atoms with Crippen LogP contribution in [0.15, 0.2) is 85.1 Å². The van der Waals surface area contributed by atoms with Crippen LogP contribution >= 0.6 is 0 Å². The summed E-state index contributed by atoms with van der Waals surface area (Å²) >= 11 is 0. The molecule has 0 saturated carbocycles. The third-order valence-corrected chi connectivity index (χ3v) is 12.1. The monoisotopic (exact) mass is 947 g/mol. The Balaban J connectivity index is 4.48. The van der Waals surface area contributed by atoms with E-state index in [0.29, 0.717) is 19.3 Å². The highest BCUT2D eigenvalue weighted by atomic mass is 16.6. The Morgan fingerprint density at radius 1 is 0.309 bits per heavy atom. The summed E-state index contributed by atoms with van der Waals surface area (Å²) in [6.07, 6.45) is 72.9. The van der Waals surface area contributed by atoms with Crippen LogP contribution < -0.4 is 0 Å². The molecule has 0 aromatic heterocycles. The van der Waals surface area contributed by atoms with Gasteiger partial charge in [0.1, 0.15) is 13.2 Å². The average molecular weight is 948 g/mol. The molecule has 0 bridgehead atoms. The third-order valence-electron chi connectivity index (χ3n) is 12.1. The van der Waals surface area contributed by atoms with Gasteiger partial charge in [0.05, 0.1) is 0 Å². The molecular formula is C62H106O6. The summed E-state index contributed by atoms with van der Waals surface area (Å²) in [4.78, 5) is 38.1. The van der Waals surface area contributed by atoms with Crippen molar-refractivity contribution in [2.45, 2.75) is 277 Å². The minimum atomic E-state index is -0.805. The Morgan fingerprint density at radius 2 is 0.588 bits per heavy atom. The van der Waals surface area contributed by atoms with E-state index in [4.69, 9.17) is 14.2 Å². The first-order valence-corrected chi connectivity index (χ1v) is 28.6. The second-order valence-electron chi connectivity index (χ2n) is 18.8. The van der Waals surface area contributed by atoms with E-state index in [1.807, 2.05) is 0 Å². The van der Waals surface area contributed by atoms with Crippen LogP contribution in [0.4, 0.5) is 0 Å². The van der Waals surface area contributed by atoms with Gasteiger partial charge in [-0.15, -0.1) is 0 Å². The van der Waals surface area contributed by atoms with Crippen LogP contribution in [0.2, 0.25) is 0 Å². The fourth-order valence-electron chi connectivity index (χ4n) is 7.82. The highest BCUT2D eigenvalue weighted by Crippen LogP contribution is 2.14. The Labute approximate surface area is 420 Å². The molecule has 1 unspecified atom stereocenters. The topological polar surface area (TPSA) is 78.9 Å². The molecule has 68 heavy (non-hydrogen) atoms. The molecule has 0 radical (unpaired) electrons. The first kappa shape index (κ1) is 64.6. The molecule has 0 heterocycles. The number of hydrogen-bond acceptors (Lipinski definition) is 6. The van der Waals surface area contributed by atoms with Crippen molar-refractivity contribution in [1.29, 1.82) is 0 Å². The normalized spacial score (nSPS) is 12.7. The molecule has 0 aliphatic carbocycles. The number of esters is 3. The molecule has 0 amide bonds. The highest BCUT2D eigenvalue weighted by molar-refractivity contribution is 5.71. The molecular weight excluding hydrogens is 841 g/mol. The van der Waals surface area contributed by atoms with E-state index in [1.165, 1.54) is 141 Å². The minimum Gasteiger partial charge on any atom is -0.462 e. The maximum Gasteiger partial charge on any atom is 0.306 e. The van der Waals surface area contributed by atoms with Crippen LogP contribution in [0.1, 0.15) is 271 Å². The molecule has 0 aromatic carbocycles. The maximum atomic E-state index is 12.9. The summed E-state index contributed by atoms with van der Waals surface area (Å²) in [5.74, 6) is -0.967. The van der Waals surface area contributed by atoms with Crippen LogP contribution in [0.3, 0.4) is 0 Å². The van der Waals surface area contributed by atoms with Gasteiger partial charge in [0.2, 0.25) is 0 Å². The van der Waals surface area contributed by atoms with E-state index in [2.05, 4.69) is 106 Å². The van der Waals surface area contributed by atoms with Gasteiger partial charge in [-0.05, 0) is 109 Å². The van der Waals surface area contributed by atoms with E-state index in [9.17, 15) is 14.4 Å². The number of unbranched alkanes of at least 4 members (excludes halogenated alkanes) is 26. The lowest BCUT2D eigenvalue weighted by molar-refractivity contribution is -0.167. The van der Waals surface area contributed by atoms with Crippen molar-refractivity contribution in [1.82, 2.24) is 0 Å². The Kier molecular flexibility index (Phi) is 53.4. The predicted molar refractivity (Wildman–Crippen MR) is 293 cm³/mol. The van der Waals surface area contributed by atoms with Crippen LogP contribution in [0, 0.1) is 0 Å². The third kappa shape index (κ3) is 53.5. The van der Waals surface area contributed by atoms with Gasteiger partial charge in [-0.3, -0.25) is 14.4 Å². The molecule has 0 rings (SSSR count). The van der Waals surface area contributed by atoms with Gasteiger partial charge in [-0.25, -0.2) is 0 Å². The number of hydrogen-bond donors (Lipinski definition) is 0. The van der Waals surface area contributed by atoms with Crippen molar-refractivity contribution in [2.75, 3.05) is 13.2 Å². The highest BCUT2D eigenvalue weighted by Gasteiger charge is 2.19. The fourth-order valence-corrected chi connectivity index (χ4v) is 7.82. The van der Waals surface area contributed by atoms with Gasteiger partial charge in [0.25, 0.3) is 0 Å². The van der Waals surface area contributed by atoms with Crippen molar-refractivity contribution < 1.29 is 28.6 Å². The quantitative estimate of drug-likeness (QED) is 0.0262. The molecule has 390 valence electrons. The van der Waals surface area contributed by atoms with Gasteiger partial charge in [-0.1, -0.05) is 228 Å². The smallest absolute Gasteiger partial charge is 0.306 e. The first-order chi connectivity index (χ1) is 33.5. The number of allylic oxidation sites excluding steroid dienone is 14. The van der Waals surface area contributed by atoms with Gasteiger partial charge in [-0.2, -0.15) is 0 Å². The second-order valence-corrected chi connectivity index (χ2v) is 18.8. The lowest BCUT2D eigenvalue weighted by Crippen LogP contribution is -2.30. The zero-order chi connectivity index (χ0) is 49.3. The zero-order valence-electron chi connectivity index (χ0n) is 44.6. The summed E-state index contributed by atoms with van der Waals surface area (Å²) in [6.45, 7) is 6.47. The van der Waals surface area contributed by atoms with Crippen molar-refractivity contribution in [3.05, 3.63) is 85.1 Å². The van der Waals surface area contributed by atoms with Crippen LogP contribution in [0.25, 0.3) is 0 Å². The maximum absolute atomic E-state index is 12.9. The van der Waals surface area contributed by atoms with Crippen LogP contribution in [-0.2, 0) is 28.6 Å². The van der Waals surface area contributed by atoms with E-state index >= 15 is 0 Å². The number of ether oxygens (including phenoxy) is 3. The molecule has 0 saturated heterocycles. The largest absolute Gasteiger partial charge is 0.462 e. The summed E-state index contributed by atoms with van der Waals surface area (Å²) in [7, 11) is 0. The number of carbonyl (C=O) groups excluding carboxylic acids is 3. The average Bonchev–Trinajstić information content (AvgIpc) is 3.34. The lowest BCUT2D eigenvalue weighted by atomic mass is 10.1. The molecule has 0 aliphatic rings. The van der Waals surface area contributed by atoms with Crippen molar-refractivity contribution in [3.63, 3.8) is 0 Å². The summed E-state index contributed by atoms with van der Waals surface area (Å²) < 4.78 is 16.8. The molecule has 0 spiro atoms. The molecule has 0 N–H and O–H groups in total. The van der Waals surface area contributed by atoms with Gasteiger partial charge in [0, 0.05) is 19.3 Å². The van der Waals surface area contributed by atoms with E-state index in [-0.39, 0.29) is 37.5 Å². The van der Waals surface area contributed by atoms with Gasteiger partial charge < -0.3 is 14.2 Å². The number of rotatable bonds is 51. The molecule has 0 aliphatic heterocycles. The lowest BCUT2D eigenvalue weighted by Gasteiger charge is -2.18. The van der Waals surface area contributed by atoms with Crippen LogP contribution in [0.5, 0.6) is 0 Å². The summed E-state index contributed by atoms with van der Waals surface area (Å²) in [6, 6.07) is 0. The molecule has 6 heteroatoms. The van der Waals surface area contributed by atoms with E-state index in [1.54, 1.807) is 0 Å². The van der Waals surface area contributed by atoms with Gasteiger partial charge >= 0.3 is 17.9 Å². The summed E-state index contributed by atoms with van der Waals surface area (Å²) in [5, 5.41) is 0. The minimum absolute atomic E-state index is 0.0999. The van der Waals surface area contributed by atoms with Gasteiger partial charge in [0.15, 0.2) is 6.10 Å². The molecule has 0 aromatic rings. The first-order valence-electron chi connectivity index (χ1n) is 28.6. The molecule has 0 fully saturated rings. The fraction of sp³-hybridized carbons (Fsp3) is 0.726. The van der Waals surface area contributed by atoms with Crippen LogP contribution in [-0.4, -0.2) is 37.2 Å². The SMILES string of the molecule is CC/C=C\C/C=C\C/C=C\C/C=C\C/C=C\CCCC(=O)OCC(COC(=O)CCCCCCC/C=C\CCCCCCCCC)OC(=O)CCCCCCCCC/C=C\CCCCCCCC.